The second-order valence-electron chi connectivity index (χ2n) is 3.03. The van der Waals surface area contributed by atoms with Crippen LogP contribution in [0.25, 0.3) is 0 Å². The normalized spacial score (nSPS) is 19.6. The fraction of sp³-hybridized carbons (Fsp3) is 0.500. The summed E-state index contributed by atoms with van der Waals surface area (Å²) in [7, 11) is 1.92. The number of aromatic nitrogens is 2. The van der Waals surface area contributed by atoms with Crippen molar-refractivity contribution in [1.29, 1.82) is 0 Å². The number of fused-ring (bicyclic) bond motifs is 1. The Morgan fingerprint density at radius 3 is 3.17 bits per heavy atom. The molecule has 1 aromatic heterocycles. The van der Waals surface area contributed by atoms with E-state index in [0.717, 1.165) is 30.5 Å². The van der Waals surface area contributed by atoms with E-state index < -0.39 is 0 Å². The van der Waals surface area contributed by atoms with Gasteiger partial charge in [-0.25, -0.2) is 0 Å². The van der Waals surface area contributed by atoms with Crippen LogP contribution < -0.4 is 0 Å². The maximum atomic E-state index is 8.70. The highest BCUT2D eigenvalue weighted by atomic mass is 16.4. The fourth-order valence-corrected chi connectivity index (χ4v) is 1.66. The van der Waals surface area contributed by atoms with Crippen LogP contribution in [0.4, 0.5) is 0 Å². The lowest BCUT2D eigenvalue weighted by Crippen LogP contribution is -2.12. The highest BCUT2D eigenvalue weighted by molar-refractivity contribution is 6.01. The van der Waals surface area contributed by atoms with Crippen LogP contribution in [-0.4, -0.2) is 20.7 Å². The van der Waals surface area contributed by atoms with Crippen molar-refractivity contribution in [3.8, 4) is 0 Å². The molecule has 0 saturated carbocycles. The van der Waals surface area contributed by atoms with Crippen molar-refractivity contribution in [2.75, 3.05) is 0 Å². The first-order valence-corrected chi connectivity index (χ1v) is 4.05. The summed E-state index contributed by atoms with van der Waals surface area (Å²) < 4.78 is 1.85. The predicted molar refractivity (Wildman–Crippen MR) is 44.5 cm³/mol. The summed E-state index contributed by atoms with van der Waals surface area (Å²) in [6.45, 7) is 0. The topological polar surface area (TPSA) is 50.4 Å². The Bertz CT molecular complexity index is 327. The van der Waals surface area contributed by atoms with Gasteiger partial charge in [-0.1, -0.05) is 5.16 Å². The molecule has 0 atom stereocenters. The van der Waals surface area contributed by atoms with Gasteiger partial charge >= 0.3 is 0 Å². The van der Waals surface area contributed by atoms with E-state index in [1.807, 2.05) is 11.7 Å². The number of nitrogens with zero attached hydrogens (tertiary/aromatic N) is 3. The van der Waals surface area contributed by atoms with Crippen LogP contribution in [0.1, 0.15) is 24.1 Å². The van der Waals surface area contributed by atoms with E-state index in [9.17, 15) is 0 Å². The minimum atomic E-state index is 0.768. The first kappa shape index (κ1) is 7.34. The van der Waals surface area contributed by atoms with Gasteiger partial charge in [-0.15, -0.1) is 0 Å². The Balaban J connectivity index is 2.53. The average molecular weight is 165 g/mol. The fourth-order valence-electron chi connectivity index (χ4n) is 1.66. The van der Waals surface area contributed by atoms with Crippen molar-refractivity contribution in [3.05, 3.63) is 17.5 Å². The average Bonchev–Trinajstić information content (AvgIpc) is 2.48. The molecule has 0 bridgehead atoms. The predicted octanol–water partition coefficient (Wildman–Crippen LogP) is 0.935. The molecule has 0 saturated heterocycles. The molecule has 0 aromatic carbocycles. The molecule has 4 nitrogen and oxygen atoms in total. The van der Waals surface area contributed by atoms with Crippen LogP contribution in [0.15, 0.2) is 11.4 Å². The molecular formula is C8H11N3O. The van der Waals surface area contributed by atoms with Crippen molar-refractivity contribution in [3.63, 3.8) is 0 Å². The van der Waals surface area contributed by atoms with Crippen molar-refractivity contribution in [2.45, 2.75) is 19.3 Å². The van der Waals surface area contributed by atoms with E-state index in [0.29, 0.717) is 0 Å². The minimum absolute atomic E-state index is 0.768. The van der Waals surface area contributed by atoms with Crippen LogP contribution in [0.5, 0.6) is 0 Å². The monoisotopic (exact) mass is 165 g/mol. The maximum absolute atomic E-state index is 8.70. The lowest BCUT2D eigenvalue weighted by molar-refractivity contribution is 0.317. The quantitative estimate of drug-likeness (QED) is 0.459. The van der Waals surface area contributed by atoms with E-state index >= 15 is 0 Å². The standard InChI is InChI=1S/C8H11N3O/c1-11-8-4-2-3-7(10-12)6(8)5-9-11/h5,12H,2-4H2,1H3/b10-7-. The molecule has 1 aliphatic carbocycles. The van der Waals surface area contributed by atoms with Gasteiger partial charge in [-0.05, 0) is 19.3 Å². The number of oxime groups is 1. The second-order valence-corrected chi connectivity index (χ2v) is 3.03. The largest absolute Gasteiger partial charge is 0.411 e. The van der Waals surface area contributed by atoms with Crippen LogP contribution in [-0.2, 0) is 13.5 Å². The summed E-state index contributed by atoms with van der Waals surface area (Å²) in [5, 5.41) is 16.1. The molecule has 64 valence electrons. The van der Waals surface area contributed by atoms with Crippen LogP contribution >= 0.6 is 0 Å². The summed E-state index contributed by atoms with van der Waals surface area (Å²) in [6, 6.07) is 0. The Hall–Kier alpha value is -1.32. The first-order chi connectivity index (χ1) is 5.83. The van der Waals surface area contributed by atoms with Gasteiger partial charge in [0.2, 0.25) is 0 Å². The molecule has 0 fully saturated rings. The van der Waals surface area contributed by atoms with Crippen LogP contribution in [0, 0.1) is 0 Å². The third-order valence-electron chi connectivity index (χ3n) is 2.32. The Morgan fingerprint density at radius 1 is 1.58 bits per heavy atom. The van der Waals surface area contributed by atoms with E-state index in [1.165, 1.54) is 5.69 Å². The molecule has 1 aliphatic rings. The molecule has 0 aliphatic heterocycles. The smallest absolute Gasteiger partial charge is 0.0902 e. The number of hydrogen-bond acceptors (Lipinski definition) is 3. The summed E-state index contributed by atoms with van der Waals surface area (Å²) in [5.41, 5.74) is 2.95. The lowest BCUT2D eigenvalue weighted by Gasteiger charge is -2.12. The third-order valence-corrected chi connectivity index (χ3v) is 2.32. The Morgan fingerprint density at radius 2 is 2.42 bits per heavy atom. The van der Waals surface area contributed by atoms with Crippen molar-refractivity contribution >= 4 is 5.71 Å². The zero-order valence-electron chi connectivity index (χ0n) is 6.99. The number of rotatable bonds is 0. The van der Waals surface area contributed by atoms with Crippen molar-refractivity contribution < 1.29 is 5.21 Å². The van der Waals surface area contributed by atoms with Gasteiger partial charge in [0.1, 0.15) is 0 Å². The molecule has 1 aromatic rings. The Kier molecular flexibility index (Phi) is 1.60. The van der Waals surface area contributed by atoms with Gasteiger partial charge < -0.3 is 5.21 Å². The summed E-state index contributed by atoms with van der Waals surface area (Å²) in [5.74, 6) is 0. The third kappa shape index (κ3) is 0.913. The van der Waals surface area contributed by atoms with Gasteiger partial charge in [0, 0.05) is 18.3 Å². The summed E-state index contributed by atoms with van der Waals surface area (Å²) in [4.78, 5) is 0. The molecule has 0 unspecified atom stereocenters. The highest BCUT2D eigenvalue weighted by Crippen LogP contribution is 2.20. The molecular weight excluding hydrogens is 154 g/mol. The zero-order valence-corrected chi connectivity index (χ0v) is 6.99. The molecule has 1 N–H and O–H groups in total. The van der Waals surface area contributed by atoms with Gasteiger partial charge in [0.25, 0.3) is 0 Å². The molecule has 1 heterocycles. The molecule has 0 radical (unpaired) electrons. The Labute approximate surface area is 70.5 Å². The molecule has 0 spiro atoms. The summed E-state index contributed by atoms with van der Waals surface area (Å²) >= 11 is 0. The molecule has 4 heteroatoms. The molecule has 0 amide bonds. The lowest BCUT2D eigenvalue weighted by atomic mass is 9.96. The van der Waals surface area contributed by atoms with Crippen molar-refractivity contribution in [1.82, 2.24) is 9.78 Å². The second kappa shape index (κ2) is 2.62. The van der Waals surface area contributed by atoms with E-state index in [1.54, 1.807) is 6.20 Å². The van der Waals surface area contributed by atoms with Crippen LogP contribution in [0.3, 0.4) is 0 Å². The van der Waals surface area contributed by atoms with Gasteiger partial charge in [0.15, 0.2) is 0 Å². The maximum Gasteiger partial charge on any atom is 0.0902 e. The molecule has 12 heavy (non-hydrogen) atoms. The van der Waals surface area contributed by atoms with Gasteiger partial charge in [0.05, 0.1) is 11.9 Å². The minimum Gasteiger partial charge on any atom is -0.411 e. The van der Waals surface area contributed by atoms with Gasteiger partial charge in [-0.2, -0.15) is 5.10 Å². The number of hydrogen-bond donors (Lipinski definition) is 1. The van der Waals surface area contributed by atoms with E-state index in [2.05, 4.69) is 10.3 Å². The van der Waals surface area contributed by atoms with Crippen LogP contribution in [0.2, 0.25) is 0 Å². The zero-order chi connectivity index (χ0) is 8.55. The van der Waals surface area contributed by atoms with Gasteiger partial charge in [-0.3, -0.25) is 4.68 Å². The van der Waals surface area contributed by atoms with E-state index in [-0.39, 0.29) is 0 Å². The highest BCUT2D eigenvalue weighted by Gasteiger charge is 2.19. The molecule has 2 rings (SSSR count). The van der Waals surface area contributed by atoms with E-state index in [4.69, 9.17) is 5.21 Å². The summed E-state index contributed by atoms with van der Waals surface area (Å²) in [6.07, 6.45) is 4.70. The van der Waals surface area contributed by atoms with Crippen molar-refractivity contribution in [2.24, 2.45) is 12.2 Å². The number of aryl methyl sites for hydroxylation is 1. The SMILES string of the molecule is Cn1ncc2c1CCC/C2=N/O. The first-order valence-electron chi connectivity index (χ1n) is 4.05.